The molecule has 4 rings (SSSR count). The molecule has 2 amide bonds. The Morgan fingerprint density at radius 3 is 2.61 bits per heavy atom. The van der Waals surface area contributed by atoms with E-state index in [1.54, 1.807) is 11.8 Å². The van der Waals surface area contributed by atoms with Crippen LogP contribution in [0.25, 0.3) is 0 Å². The number of nitrogens with zero attached hydrogens (tertiary/aromatic N) is 2. The first kappa shape index (κ1) is 15.1. The number of carbonyl (C=O) groups is 2. The number of rotatable bonds is 2. The van der Waals surface area contributed by atoms with Gasteiger partial charge in [0.15, 0.2) is 0 Å². The predicted octanol–water partition coefficient (Wildman–Crippen LogP) is 2.27. The minimum absolute atomic E-state index is 0.136. The average molecular weight is 330 g/mol. The second-order valence-electron chi connectivity index (χ2n) is 6.73. The molecule has 1 aromatic carbocycles. The van der Waals surface area contributed by atoms with Crippen LogP contribution in [0.1, 0.15) is 30.4 Å². The van der Waals surface area contributed by atoms with Crippen LogP contribution in [0.4, 0.5) is 0 Å². The zero-order valence-corrected chi connectivity index (χ0v) is 14.1. The highest BCUT2D eigenvalue weighted by Crippen LogP contribution is 2.33. The van der Waals surface area contributed by atoms with Crippen LogP contribution in [0.2, 0.25) is 0 Å². The molecular formula is C18H22N2O2S. The maximum atomic E-state index is 13.0. The second-order valence-corrected chi connectivity index (χ2v) is 7.73. The largest absolute Gasteiger partial charge is 0.336 e. The summed E-state index contributed by atoms with van der Waals surface area (Å²) < 4.78 is 0. The standard InChI is InChI=1S/C18H22N2O2S/c21-17(14-6-3-7-14)20-12-23-11-16(20)18(22)19-9-8-13-4-1-2-5-15(13)10-19/h1-2,4-5,14,16H,3,6-12H2/t16-/m1/s1. The van der Waals surface area contributed by atoms with Crippen molar-refractivity contribution >= 4 is 23.6 Å². The Balaban J connectivity index is 1.47. The highest BCUT2D eigenvalue weighted by molar-refractivity contribution is 7.99. The van der Waals surface area contributed by atoms with E-state index in [9.17, 15) is 9.59 Å². The van der Waals surface area contributed by atoms with Gasteiger partial charge in [0, 0.05) is 24.8 Å². The van der Waals surface area contributed by atoms with Crippen LogP contribution in [0.3, 0.4) is 0 Å². The summed E-state index contributed by atoms with van der Waals surface area (Å²) in [5, 5.41) is 0. The van der Waals surface area contributed by atoms with Crippen LogP contribution in [-0.4, -0.2) is 45.8 Å². The lowest BCUT2D eigenvalue weighted by atomic mass is 9.84. The van der Waals surface area contributed by atoms with Gasteiger partial charge >= 0.3 is 0 Å². The lowest BCUT2D eigenvalue weighted by Crippen LogP contribution is -2.52. The summed E-state index contributed by atoms with van der Waals surface area (Å²) in [4.78, 5) is 29.3. The number of hydrogen-bond acceptors (Lipinski definition) is 3. The van der Waals surface area contributed by atoms with E-state index in [-0.39, 0.29) is 23.8 Å². The van der Waals surface area contributed by atoms with Gasteiger partial charge in [-0.2, -0.15) is 0 Å². The summed E-state index contributed by atoms with van der Waals surface area (Å²) in [5.74, 6) is 1.94. The van der Waals surface area contributed by atoms with E-state index in [1.165, 1.54) is 11.1 Å². The summed E-state index contributed by atoms with van der Waals surface area (Å²) in [6.45, 7) is 1.45. The Bertz CT molecular complexity index is 629. The Hall–Kier alpha value is -1.49. The van der Waals surface area contributed by atoms with Gasteiger partial charge in [0.2, 0.25) is 11.8 Å². The molecule has 1 saturated carbocycles. The zero-order valence-electron chi connectivity index (χ0n) is 13.2. The lowest BCUT2D eigenvalue weighted by molar-refractivity contribution is -0.147. The molecule has 2 fully saturated rings. The molecule has 4 nitrogen and oxygen atoms in total. The van der Waals surface area contributed by atoms with Crippen LogP contribution < -0.4 is 0 Å². The molecule has 122 valence electrons. The third kappa shape index (κ3) is 2.75. The molecule has 0 radical (unpaired) electrons. The maximum absolute atomic E-state index is 13.0. The van der Waals surface area contributed by atoms with E-state index >= 15 is 0 Å². The van der Waals surface area contributed by atoms with Crippen molar-refractivity contribution in [1.82, 2.24) is 9.80 Å². The minimum atomic E-state index is -0.252. The molecule has 2 heterocycles. The number of benzene rings is 1. The third-order valence-corrected chi connectivity index (χ3v) is 6.36. The van der Waals surface area contributed by atoms with Gasteiger partial charge in [0.1, 0.15) is 6.04 Å². The van der Waals surface area contributed by atoms with Crippen molar-refractivity contribution in [2.24, 2.45) is 5.92 Å². The van der Waals surface area contributed by atoms with E-state index in [2.05, 4.69) is 18.2 Å². The number of carbonyl (C=O) groups excluding carboxylic acids is 2. The van der Waals surface area contributed by atoms with Gasteiger partial charge in [-0.05, 0) is 30.4 Å². The topological polar surface area (TPSA) is 40.6 Å². The summed E-state index contributed by atoms with van der Waals surface area (Å²) in [6, 6.07) is 8.09. The van der Waals surface area contributed by atoms with Crippen molar-refractivity contribution in [2.75, 3.05) is 18.2 Å². The highest BCUT2D eigenvalue weighted by Gasteiger charge is 2.41. The first-order chi connectivity index (χ1) is 11.2. The molecule has 0 N–H and O–H groups in total. The van der Waals surface area contributed by atoms with Crippen molar-refractivity contribution in [3.8, 4) is 0 Å². The van der Waals surface area contributed by atoms with Gasteiger partial charge in [-0.15, -0.1) is 11.8 Å². The fourth-order valence-electron chi connectivity index (χ4n) is 3.65. The van der Waals surface area contributed by atoms with E-state index < -0.39 is 0 Å². The Labute approximate surface area is 141 Å². The molecule has 1 aromatic rings. The fourth-order valence-corrected chi connectivity index (χ4v) is 4.80. The summed E-state index contributed by atoms with van der Waals surface area (Å²) in [5.41, 5.74) is 2.59. The van der Waals surface area contributed by atoms with Gasteiger partial charge in [0.25, 0.3) is 0 Å². The molecule has 23 heavy (non-hydrogen) atoms. The Morgan fingerprint density at radius 2 is 1.87 bits per heavy atom. The number of amides is 2. The molecule has 0 bridgehead atoms. The van der Waals surface area contributed by atoms with Crippen molar-refractivity contribution in [1.29, 1.82) is 0 Å². The summed E-state index contributed by atoms with van der Waals surface area (Å²) in [6.07, 6.45) is 4.06. The fraction of sp³-hybridized carbons (Fsp3) is 0.556. The molecule has 0 aromatic heterocycles. The van der Waals surface area contributed by atoms with Gasteiger partial charge in [-0.1, -0.05) is 30.7 Å². The molecule has 1 aliphatic carbocycles. The molecule has 1 atom stereocenters. The Kier molecular flexibility index (Phi) is 4.05. The van der Waals surface area contributed by atoms with Gasteiger partial charge in [0.05, 0.1) is 5.88 Å². The predicted molar refractivity (Wildman–Crippen MR) is 90.9 cm³/mol. The van der Waals surface area contributed by atoms with Crippen LogP contribution in [-0.2, 0) is 22.6 Å². The van der Waals surface area contributed by atoms with Gasteiger partial charge < -0.3 is 9.80 Å². The number of hydrogen-bond donors (Lipinski definition) is 0. The van der Waals surface area contributed by atoms with Crippen LogP contribution in [0.15, 0.2) is 24.3 Å². The van der Waals surface area contributed by atoms with Crippen LogP contribution >= 0.6 is 11.8 Å². The van der Waals surface area contributed by atoms with Crippen LogP contribution in [0, 0.1) is 5.92 Å². The normalized spacial score (nSPS) is 24.3. The summed E-state index contributed by atoms with van der Waals surface area (Å²) in [7, 11) is 0. The van der Waals surface area contributed by atoms with Gasteiger partial charge in [-0.25, -0.2) is 0 Å². The first-order valence-electron chi connectivity index (χ1n) is 8.48. The molecular weight excluding hydrogens is 308 g/mol. The molecule has 0 spiro atoms. The van der Waals surface area contributed by atoms with Crippen LogP contribution in [0.5, 0.6) is 0 Å². The maximum Gasteiger partial charge on any atom is 0.246 e. The van der Waals surface area contributed by atoms with E-state index in [1.807, 2.05) is 15.9 Å². The van der Waals surface area contributed by atoms with Crippen molar-refractivity contribution in [2.45, 2.75) is 38.3 Å². The third-order valence-electron chi connectivity index (χ3n) is 5.35. The molecule has 1 saturated heterocycles. The molecule has 3 aliphatic rings. The molecule has 0 unspecified atom stereocenters. The zero-order chi connectivity index (χ0) is 15.8. The molecule has 5 heteroatoms. The van der Waals surface area contributed by atoms with Crippen molar-refractivity contribution in [3.63, 3.8) is 0 Å². The highest BCUT2D eigenvalue weighted by atomic mass is 32.2. The minimum Gasteiger partial charge on any atom is -0.336 e. The Morgan fingerprint density at radius 1 is 1.09 bits per heavy atom. The van der Waals surface area contributed by atoms with Crippen molar-refractivity contribution < 1.29 is 9.59 Å². The average Bonchev–Trinajstić information content (AvgIpc) is 3.01. The van der Waals surface area contributed by atoms with Crippen molar-refractivity contribution in [3.05, 3.63) is 35.4 Å². The van der Waals surface area contributed by atoms with E-state index in [0.717, 1.165) is 38.0 Å². The smallest absolute Gasteiger partial charge is 0.246 e. The SMILES string of the molecule is O=C([C@H]1CSCN1C(=O)C1CCC1)N1CCc2ccccc2C1. The first-order valence-corrected chi connectivity index (χ1v) is 9.63. The summed E-state index contributed by atoms with van der Waals surface area (Å²) >= 11 is 1.71. The monoisotopic (exact) mass is 330 g/mol. The number of thioether (sulfide) groups is 1. The molecule has 2 aliphatic heterocycles. The van der Waals surface area contributed by atoms with E-state index in [0.29, 0.717) is 12.4 Å². The van der Waals surface area contributed by atoms with Gasteiger partial charge in [-0.3, -0.25) is 9.59 Å². The lowest BCUT2D eigenvalue weighted by Gasteiger charge is -2.35. The number of fused-ring (bicyclic) bond motifs is 1. The second kappa shape index (κ2) is 6.19. The quantitative estimate of drug-likeness (QED) is 0.835. The van der Waals surface area contributed by atoms with E-state index in [4.69, 9.17) is 0 Å².